The quantitative estimate of drug-likeness (QED) is 0.847. The maximum atomic E-state index is 12.6. The van der Waals surface area contributed by atoms with E-state index in [-0.39, 0.29) is 18.1 Å². The topological polar surface area (TPSA) is 68.7 Å². The number of pyridine rings is 1. The van der Waals surface area contributed by atoms with Gasteiger partial charge >= 0.3 is 12.1 Å². The van der Waals surface area contributed by atoms with Crippen molar-refractivity contribution in [3.63, 3.8) is 0 Å². The van der Waals surface area contributed by atoms with Crippen LogP contribution in [-0.4, -0.2) is 23.2 Å². The summed E-state index contributed by atoms with van der Waals surface area (Å²) in [5.41, 5.74) is -0.395. The molecular weight excluding hydrogens is 327 g/mol. The van der Waals surface area contributed by atoms with Crippen molar-refractivity contribution in [3.8, 4) is 5.88 Å². The van der Waals surface area contributed by atoms with E-state index < -0.39 is 23.9 Å². The van der Waals surface area contributed by atoms with Gasteiger partial charge in [0.05, 0.1) is 7.11 Å². The fraction of sp³-hybridized carbons (Fsp3) is 0.250. The highest BCUT2D eigenvalue weighted by Crippen LogP contribution is 2.29. The zero-order valence-electron chi connectivity index (χ0n) is 12.6. The molecule has 2 rings (SSSR count). The monoisotopic (exact) mass is 341 g/mol. The van der Waals surface area contributed by atoms with E-state index in [1.54, 1.807) is 18.2 Å². The number of carbonyl (C=O) groups excluding carboxylic acids is 1. The number of halogens is 3. The summed E-state index contributed by atoms with van der Waals surface area (Å²) in [7, 11) is 1.14. The molecule has 8 heteroatoms. The fourth-order valence-corrected chi connectivity index (χ4v) is 1.98. The van der Waals surface area contributed by atoms with Crippen molar-refractivity contribution in [1.82, 2.24) is 4.98 Å². The molecule has 1 aromatic carbocycles. The maximum absolute atomic E-state index is 12.6. The molecule has 1 unspecified atom stereocenters. The SMILES string of the molecule is COC(=O)C(O)c1ccccc1COc1cccc(C(F)(F)F)n1. The van der Waals surface area contributed by atoms with Crippen LogP contribution in [0.15, 0.2) is 42.5 Å². The lowest BCUT2D eigenvalue weighted by Crippen LogP contribution is -2.16. The van der Waals surface area contributed by atoms with Crippen molar-refractivity contribution in [2.24, 2.45) is 0 Å². The van der Waals surface area contributed by atoms with E-state index in [1.165, 1.54) is 18.2 Å². The molecule has 0 saturated carbocycles. The van der Waals surface area contributed by atoms with Crippen molar-refractivity contribution in [2.75, 3.05) is 7.11 Å². The van der Waals surface area contributed by atoms with Crippen LogP contribution in [0.5, 0.6) is 5.88 Å². The Morgan fingerprint density at radius 1 is 1.21 bits per heavy atom. The second-order valence-corrected chi connectivity index (χ2v) is 4.77. The molecule has 0 bridgehead atoms. The molecule has 128 valence electrons. The summed E-state index contributed by atoms with van der Waals surface area (Å²) in [5.74, 6) is -1.06. The number of esters is 1. The van der Waals surface area contributed by atoms with Crippen LogP contribution < -0.4 is 4.74 Å². The van der Waals surface area contributed by atoms with E-state index in [2.05, 4.69) is 9.72 Å². The van der Waals surface area contributed by atoms with Gasteiger partial charge in [-0.3, -0.25) is 0 Å². The second kappa shape index (κ2) is 7.31. The summed E-state index contributed by atoms with van der Waals surface area (Å²) in [6.07, 6.45) is -6.08. The maximum Gasteiger partial charge on any atom is 0.433 e. The normalized spacial score (nSPS) is 12.5. The van der Waals surface area contributed by atoms with Gasteiger partial charge in [0, 0.05) is 6.07 Å². The number of alkyl halides is 3. The number of benzene rings is 1. The van der Waals surface area contributed by atoms with Crippen molar-refractivity contribution in [1.29, 1.82) is 0 Å². The van der Waals surface area contributed by atoms with Crippen LogP contribution in [0.2, 0.25) is 0 Å². The number of aromatic nitrogens is 1. The number of aliphatic hydroxyl groups is 1. The first-order valence-electron chi connectivity index (χ1n) is 6.83. The van der Waals surface area contributed by atoms with E-state index in [0.717, 1.165) is 13.2 Å². The van der Waals surface area contributed by atoms with Gasteiger partial charge in [0.25, 0.3) is 0 Å². The van der Waals surface area contributed by atoms with Crippen LogP contribution in [0.25, 0.3) is 0 Å². The van der Waals surface area contributed by atoms with Gasteiger partial charge in [0.2, 0.25) is 5.88 Å². The van der Waals surface area contributed by atoms with Crippen molar-refractivity contribution in [2.45, 2.75) is 18.9 Å². The number of nitrogens with zero attached hydrogens (tertiary/aromatic N) is 1. The lowest BCUT2D eigenvalue weighted by atomic mass is 10.0. The Bertz CT molecular complexity index is 718. The molecule has 1 N–H and O–H groups in total. The molecule has 0 aliphatic rings. The Labute approximate surface area is 135 Å². The molecule has 1 aromatic heterocycles. The molecule has 0 spiro atoms. The lowest BCUT2D eigenvalue weighted by Gasteiger charge is -2.14. The summed E-state index contributed by atoms with van der Waals surface area (Å²) in [6, 6.07) is 9.63. The van der Waals surface area contributed by atoms with E-state index in [0.29, 0.717) is 5.56 Å². The van der Waals surface area contributed by atoms with Crippen LogP contribution in [0.1, 0.15) is 22.9 Å². The largest absolute Gasteiger partial charge is 0.473 e. The molecule has 0 aliphatic heterocycles. The van der Waals surface area contributed by atoms with Gasteiger partial charge in [-0.05, 0) is 17.2 Å². The number of rotatable bonds is 5. The van der Waals surface area contributed by atoms with Crippen LogP contribution in [0, 0.1) is 0 Å². The Balaban J connectivity index is 2.17. The predicted octanol–water partition coefficient (Wildman–Crippen LogP) is 2.89. The summed E-state index contributed by atoms with van der Waals surface area (Å²) < 4.78 is 47.6. The first kappa shape index (κ1) is 17.7. The van der Waals surface area contributed by atoms with Crippen molar-refractivity contribution >= 4 is 5.97 Å². The highest BCUT2D eigenvalue weighted by molar-refractivity contribution is 5.76. The lowest BCUT2D eigenvalue weighted by molar-refractivity contribution is -0.150. The molecule has 0 saturated heterocycles. The standard InChI is InChI=1S/C16H14F3NO4/c1-23-15(22)14(21)11-6-3-2-5-10(11)9-24-13-8-4-7-12(20-13)16(17,18)19/h2-8,14,21H,9H2,1H3. The summed E-state index contributed by atoms with van der Waals surface area (Å²) in [6.45, 7) is -0.168. The Kier molecular flexibility index (Phi) is 5.40. The molecule has 0 aliphatic carbocycles. The molecule has 0 amide bonds. The van der Waals surface area contributed by atoms with Crippen LogP contribution in [-0.2, 0) is 22.3 Å². The smallest absolute Gasteiger partial charge is 0.433 e. The van der Waals surface area contributed by atoms with Crippen LogP contribution in [0.4, 0.5) is 13.2 Å². The van der Waals surface area contributed by atoms with E-state index in [4.69, 9.17) is 4.74 Å². The summed E-state index contributed by atoms with van der Waals surface area (Å²) in [5, 5.41) is 9.92. The van der Waals surface area contributed by atoms with E-state index in [9.17, 15) is 23.1 Å². The first-order valence-corrected chi connectivity index (χ1v) is 6.83. The van der Waals surface area contributed by atoms with Gasteiger partial charge in [0.1, 0.15) is 12.3 Å². The van der Waals surface area contributed by atoms with Crippen LogP contribution in [0.3, 0.4) is 0 Å². The summed E-state index contributed by atoms with van der Waals surface area (Å²) in [4.78, 5) is 14.8. The first-order chi connectivity index (χ1) is 11.3. The van der Waals surface area contributed by atoms with Crippen LogP contribution >= 0.6 is 0 Å². The minimum Gasteiger partial charge on any atom is -0.473 e. The zero-order valence-corrected chi connectivity index (χ0v) is 12.6. The van der Waals surface area contributed by atoms with Crippen molar-refractivity contribution < 1.29 is 32.5 Å². The minimum atomic E-state index is -4.57. The van der Waals surface area contributed by atoms with Gasteiger partial charge in [-0.2, -0.15) is 13.2 Å². The predicted molar refractivity (Wildman–Crippen MR) is 77.0 cm³/mol. The Morgan fingerprint density at radius 2 is 1.92 bits per heavy atom. The molecule has 24 heavy (non-hydrogen) atoms. The average molecular weight is 341 g/mol. The highest BCUT2D eigenvalue weighted by Gasteiger charge is 2.32. The van der Waals surface area contributed by atoms with Gasteiger partial charge in [0.15, 0.2) is 6.10 Å². The van der Waals surface area contributed by atoms with Gasteiger partial charge < -0.3 is 14.6 Å². The molecular formula is C16H14F3NO4. The zero-order chi connectivity index (χ0) is 17.7. The number of carbonyl (C=O) groups is 1. The molecule has 2 aromatic rings. The fourth-order valence-electron chi connectivity index (χ4n) is 1.98. The molecule has 0 radical (unpaired) electrons. The average Bonchev–Trinajstić information content (AvgIpc) is 2.58. The van der Waals surface area contributed by atoms with Crippen molar-refractivity contribution in [3.05, 3.63) is 59.3 Å². The number of hydrogen-bond donors (Lipinski definition) is 1. The van der Waals surface area contributed by atoms with E-state index in [1.807, 2.05) is 0 Å². The van der Waals surface area contributed by atoms with Gasteiger partial charge in [-0.15, -0.1) is 0 Å². The Hall–Kier alpha value is -2.61. The molecule has 1 heterocycles. The highest BCUT2D eigenvalue weighted by atomic mass is 19.4. The van der Waals surface area contributed by atoms with Gasteiger partial charge in [-0.25, -0.2) is 9.78 Å². The van der Waals surface area contributed by atoms with E-state index >= 15 is 0 Å². The number of methoxy groups -OCH3 is 1. The molecule has 1 atom stereocenters. The number of aliphatic hydroxyl groups excluding tert-OH is 1. The Morgan fingerprint density at radius 3 is 2.58 bits per heavy atom. The summed E-state index contributed by atoms with van der Waals surface area (Å²) >= 11 is 0. The molecule has 0 fully saturated rings. The minimum absolute atomic E-state index is 0.168. The third kappa shape index (κ3) is 4.23. The number of hydrogen-bond acceptors (Lipinski definition) is 5. The third-order valence-electron chi connectivity index (χ3n) is 3.16. The van der Waals surface area contributed by atoms with Gasteiger partial charge in [-0.1, -0.05) is 30.3 Å². The number of ether oxygens (including phenoxy) is 2. The second-order valence-electron chi connectivity index (χ2n) is 4.77. The molecule has 5 nitrogen and oxygen atoms in total. The third-order valence-corrected chi connectivity index (χ3v) is 3.16.